The second-order valence-electron chi connectivity index (χ2n) is 7.92. The zero-order chi connectivity index (χ0) is 16.9. The number of alkyl halides is 3. The Morgan fingerprint density at radius 2 is 1.75 bits per heavy atom. The predicted molar refractivity (Wildman–Crippen MR) is 101 cm³/mol. The van der Waals surface area contributed by atoms with Gasteiger partial charge in [-0.15, -0.1) is 34.8 Å². The first-order valence-corrected chi connectivity index (χ1v) is 11.0. The molecule has 0 radical (unpaired) electrons. The molecule has 1 heterocycles. The zero-order valence-corrected chi connectivity index (χ0v) is 16.8. The average Bonchev–Trinajstić information content (AvgIpc) is 3.06. The maximum absolute atomic E-state index is 6.69. The lowest BCUT2D eigenvalue weighted by Gasteiger charge is -2.38. The van der Waals surface area contributed by atoms with Gasteiger partial charge in [0.05, 0.1) is 19.2 Å². The Bertz CT molecular complexity index is 373. The highest BCUT2D eigenvalue weighted by Crippen LogP contribution is 2.36. The van der Waals surface area contributed by atoms with E-state index in [1.54, 1.807) is 0 Å². The summed E-state index contributed by atoms with van der Waals surface area (Å²) in [5.41, 5.74) is 0. The lowest BCUT2D eigenvalue weighted by molar-refractivity contribution is -0.643. The van der Waals surface area contributed by atoms with Crippen LogP contribution in [0.2, 0.25) is 0 Å². The summed E-state index contributed by atoms with van der Waals surface area (Å²) in [6.07, 6.45) is 8.01. The predicted octanol–water partition coefficient (Wildman–Crippen LogP) is 3.02. The maximum atomic E-state index is 6.69. The van der Waals surface area contributed by atoms with Crippen molar-refractivity contribution in [2.75, 3.05) is 32.9 Å². The number of nitrogens with two attached hydrogens (primary N) is 1. The van der Waals surface area contributed by atoms with Gasteiger partial charge in [-0.1, -0.05) is 0 Å². The Morgan fingerprint density at radius 1 is 1.00 bits per heavy atom. The number of hydrogen-bond donors (Lipinski definition) is 1. The highest BCUT2D eigenvalue weighted by molar-refractivity contribution is 6.24. The summed E-state index contributed by atoms with van der Waals surface area (Å²) in [6, 6.07) is 0. The van der Waals surface area contributed by atoms with Crippen LogP contribution in [0, 0.1) is 11.8 Å². The number of nitrogens with zero attached hydrogens (tertiary/aromatic N) is 1. The molecule has 2 N–H and O–H groups in total. The fourth-order valence-electron chi connectivity index (χ4n) is 4.43. The Balaban J connectivity index is 1.54. The molecular weight excluding hydrogens is 367 g/mol. The summed E-state index contributed by atoms with van der Waals surface area (Å²) >= 11 is 19.2. The maximum Gasteiger partial charge on any atom is 0.132 e. The van der Waals surface area contributed by atoms with Gasteiger partial charge in [0.25, 0.3) is 0 Å². The molecule has 3 rings (SSSR count). The lowest BCUT2D eigenvalue weighted by Crippen LogP contribution is -2.82. The van der Waals surface area contributed by atoms with Crippen LogP contribution in [0.15, 0.2) is 0 Å². The summed E-state index contributed by atoms with van der Waals surface area (Å²) in [6.45, 7) is 5.34. The summed E-state index contributed by atoms with van der Waals surface area (Å²) < 4.78 is 6.50. The molecule has 0 bridgehead atoms. The standard InChI is InChI=1S/C18H31Cl3N2O/c19-14-3-1-13(2-4-14)11-24-18(10-23-8-7-22-12-23)16-6-5-15(20)9-17(16)21/h13-18,22H,1-12H2/p+1. The summed E-state index contributed by atoms with van der Waals surface area (Å²) in [5.74, 6) is 1.11. The highest BCUT2D eigenvalue weighted by Gasteiger charge is 2.36. The molecule has 0 aromatic carbocycles. The number of quaternary nitrogens is 1. The third-order valence-electron chi connectivity index (χ3n) is 6.03. The molecule has 2 aliphatic carbocycles. The van der Waals surface area contributed by atoms with Gasteiger partial charge >= 0.3 is 0 Å². The normalized spacial score (nSPS) is 39.9. The molecule has 3 nitrogen and oxygen atoms in total. The Kier molecular flexibility index (Phi) is 7.82. The van der Waals surface area contributed by atoms with E-state index in [2.05, 4.69) is 10.2 Å². The molecule has 1 saturated heterocycles. The van der Waals surface area contributed by atoms with Gasteiger partial charge in [-0.05, 0) is 50.9 Å². The van der Waals surface area contributed by atoms with Gasteiger partial charge in [0.1, 0.15) is 6.67 Å². The van der Waals surface area contributed by atoms with Crippen molar-refractivity contribution in [1.29, 1.82) is 0 Å². The van der Waals surface area contributed by atoms with Crippen molar-refractivity contribution >= 4 is 34.8 Å². The molecule has 3 fully saturated rings. The molecule has 2 saturated carbocycles. The molecule has 0 aromatic heterocycles. The monoisotopic (exact) mass is 397 g/mol. The summed E-state index contributed by atoms with van der Waals surface area (Å²) in [7, 11) is 0. The third-order valence-corrected chi connectivity index (χ3v) is 7.37. The summed E-state index contributed by atoms with van der Waals surface area (Å²) in [4.78, 5) is 2.51. The minimum Gasteiger partial charge on any atom is -0.376 e. The smallest absolute Gasteiger partial charge is 0.132 e. The van der Waals surface area contributed by atoms with E-state index >= 15 is 0 Å². The molecule has 24 heavy (non-hydrogen) atoms. The topological polar surface area (TPSA) is 29.1 Å². The fraction of sp³-hybridized carbons (Fsp3) is 1.00. The minimum absolute atomic E-state index is 0.149. The molecule has 6 heteroatoms. The lowest BCUT2D eigenvalue weighted by atomic mass is 9.84. The first kappa shape index (κ1) is 19.5. The molecule has 0 spiro atoms. The largest absolute Gasteiger partial charge is 0.376 e. The van der Waals surface area contributed by atoms with Crippen LogP contribution in [-0.4, -0.2) is 60.0 Å². The highest BCUT2D eigenvalue weighted by atomic mass is 35.5. The molecule has 1 aliphatic heterocycles. The van der Waals surface area contributed by atoms with E-state index in [0.717, 1.165) is 58.5 Å². The van der Waals surface area contributed by atoms with Crippen LogP contribution in [0.5, 0.6) is 0 Å². The van der Waals surface area contributed by atoms with E-state index in [1.807, 2.05) is 0 Å². The van der Waals surface area contributed by atoms with Crippen LogP contribution >= 0.6 is 34.8 Å². The van der Waals surface area contributed by atoms with Gasteiger partial charge in [-0.2, -0.15) is 0 Å². The quantitative estimate of drug-likeness (QED) is 0.697. The Labute approximate surface area is 161 Å². The SMILES string of the molecule is ClC1CCC(COC(CN2CC[NH2+]C2)C2CCC(Cl)CC2Cl)CC1. The van der Waals surface area contributed by atoms with Gasteiger partial charge < -0.3 is 10.1 Å². The van der Waals surface area contributed by atoms with Crippen molar-refractivity contribution in [3.63, 3.8) is 0 Å². The fourth-order valence-corrected chi connectivity index (χ4v) is 5.59. The van der Waals surface area contributed by atoms with Gasteiger partial charge in [-0.25, -0.2) is 4.90 Å². The van der Waals surface area contributed by atoms with Gasteiger partial charge in [0.15, 0.2) is 0 Å². The van der Waals surface area contributed by atoms with Crippen molar-refractivity contribution in [3.05, 3.63) is 0 Å². The van der Waals surface area contributed by atoms with E-state index in [9.17, 15) is 0 Å². The average molecular weight is 399 g/mol. The van der Waals surface area contributed by atoms with E-state index in [0.29, 0.717) is 17.2 Å². The third kappa shape index (κ3) is 5.62. The van der Waals surface area contributed by atoms with Gasteiger partial charge in [-0.3, -0.25) is 0 Å². The van der Waals surface area contributed by atoms with Gasteiger partial charge in [0, 0.05) is 35.2 Å². The van der Waals surface area contributed by atoms with Crippen molar-refractivity contribution in [3.8, 4) is 0 Å². The van der Waals surface area contributed by atoms with Crippen molar-refractivity contribution < 1.29 is 10.1 Å². The Morgan fingerprint density at radius 3 is 2.42 bits per heavy atom. The molecule has 3 aliphatic rings. The van der Waals surface area contributed by atoms with Crippen LogP contribution in [-0.2, 0) is 4.74 Å². The van der Waals surface area contributed by atoms with E-state index < -0.39 is 0 Å². The second-order valence-corrected chi connectivity index (χ2v) is 9.71. The number of halogens is 3. The van der Waals surface area contributed by atoms with Crippen LogP contribution in [0.25, 0.3) is 0 Å². The van der Waals surface area contributed by atoms with Crippen molar-refractivity contribution in [1.82, 2.24) is 4.90 Å². The molecule has 4 unspecified atom stereocenters. The second kappa shape index (κ2) is 9.62. The van der Waals surface area contributed by atoms with Crippen LogP contribution < -0.4 is 5.32 Å². The molecule has 4 atom stereocenters. The van der Waals surface area contributed by atoms with Crippen LogP contribution in [0.4, 0.5) is 0 Å². The van der Waals surface area contributed by atoms with Crippen LogP contribution in [0.1, 0.15) is 44.9 Å². The van der Waals surface area contributed by atoms with Crippen molar-refractivity contribution in [2.24, 2.45) is 11.8 Å². The van der Waals surface area contributed by atoms with E-state index in [4.69, 9.17) is 39.5 Å². The minimum atomic E-state index is 0.149. The first-order valence-electron chi connectivity index (χ1n) is 9.69. The molecular formula is C18H32Cl3N2O+. The number of rotatable bonds is 6. The molecule has 0 amide bonds. The van der Waals surface area contributed by atoms with Crippen molar-refractivity contribution in [2.45, 2.75) is 67.2 Å². The first-order chi connectivity index (χ1) is 11.6. The van der Waals surface area contributed by atoms with E-state index in [-0.39, 0.29) is 16.9 Å². The number of ether oxygens (including phenoxy) is 1. The van der Waals surface area contributed by atoms with Gasteiger partial charge in [0.2, 0.25) is 0 Å². The molecule has 0 aromatic rings. The Hall–Kier alpha value is 0.750. The molecule has 140 valence electrons. The zero-order valence-electron chi connectivity index (χ0n) is 14.5. The van der Waals surface area contributed by atoms with Crippen LogP contribution in [0.3, 0.4) is 0 Å². The van der Waals surface area contributed by atoms with E-state index in [1.165, 1.54) is 19.4 Å². The summed E-state index contributed by atoms with van der Waals surface area (Å²) in [5, 5.41) is 3.13. The number of hydrogen-bond acceptors (Lipinski definition) is 2.